The molecule has 9 heteroatoms. The zero-order chi connectivity index (χ0) is 21.9. The van der Waals surface area contributed by atoms with Crippen LogP contribution in [-0.2, 0) is 0 Å². The minimum atomic E-state index is -1.23. The number of fused-ring (bicyclic) bond motifs is 1. The van der Waals surface area contributed by atoms with Crippen LogP contribution in [0.3, 0.4) is 0 Å². The van der Waals surface area contributed by atoms with E-state index in [1.165, 1.54) is 12.5 Å². The number of carboxylic acids is 1. The van der Waals surface area contributed by atoms with Crippen LogP contribution in [-0.4, -0.2) is 33.7 Å². The number of carboxylic acid groups (broad SMARTS) is 1. The summed E-state index contributed by atoms with van der Waals surface area (Å²) in [5.41, 5.74) is 14.9. The van der Waals surface area contributed by atoms with Crippen molar-refractivity contribution in [3.05, 3.63) is 52.0 Å². The molecule has 2 aromatic heterocycles. The molecule has 5 N–H and O–H groups in total. The van der Waals surface area contributed by atoms with Crippen LogP contribution in [0.5, 0.6) is 0 Å². The fourth-order valence-electron chi connectivity index (χ4n) is 4.75. The molecule has 0 bridgehead atoms. The van der Waals surface area contributed by atoms with Gasteiger partial charge in [0, 0.05) is 42.6 Å². The van der Waals surface area contributed by atoms with Crippen molar-refractivity contribution in [1.82, 2.24) is 9.55 Å². The standard InChI is InChI=1S/C22H25N5O4/c1-11-16(26-6-4-12(9-26)18(24)21-25-5-7-31-21)8-15(23)17-19(11)27(13-2-3-13)10-14(20(17)28)22(29)30/h5,7-8,10,12-13,18H,2-4,6,9,23-24H2,1H3,(H,29,30). The lowest BCUT2D eigenvalue weighted by Gasteiger charge is -2.25. The SMILES string of the molecule is Cc1c(N2CCC(C(N)c3ncco3)C2)cc(N)c2c(=O)c(C(=O)O)cn(C3CC3)c12. The van der Waals surface area contributed by atoms with Crippen molar-refractivity contribution in [2.24, 2.45) is 11.7 Å². The van der Waals surface area contributed by atoms with Crippen molar-refractivity contribution in [2.45, 2.75) is 38.3 Å². The minimum Gasteiger partial charge on any atom is -0.477 e. The Morgan fingerprint density at radius 3 is 2.77 bits per heavy atom. The molecule has 2 fully saturated rings. The number of hydrogen-bond donors (Lipinski definition) is 3. The average molecular weight is 423 g/mol. The topological polar surface area (TPSA) is 141 Å². The Hall–Kier alpha value is -3.33. The molecule has 1 aromatic carbocycles. The number of nitrogens with two attached hydrogens (primary N) is 2. The van der Waals surface area contributed by atoms with Crippen LogP contribution in [0.4, 0.5) is 11.4 Å². The number of aromatic nitrogens is 2. The highest BCUT2D eigenvalue weighted by molar-refractivity contribution is 6.01. The van der Waals surface area contributed by atoms with Gasteiger partial charge in [-0.25, -0.2) is 9.78 Å². The Kier molecular flexibility index (Phi) is 4.51. The molecular formula is C22H25N5O4. The van der Waals surface area contributed by atoms with E-state index in [1.54, 1.807) is 12.3 Å². The van der Waals surface area contributed by atoms with Gasteiger partial charge in [-0.3, -0.25) is 4.79 Å². The molecule has 1 aliphatic heterocycles. The van der Waals surface area contributed by atoms with Gasteiger partial charge in [0.1, 0.15) is 11.8 Å². The maximum atomic E-state index is 12.9. The predicted molar refractivity (Wildman–Crippen MR) is 116 cm³/mol. The summed E-state index contributed by atoms with van der Waals surface area (Å²) in [7, 11) is 0. The number of aryl methyl sites for hydroxylation is 1. The normalized spacial score (nSPS) is 19.8. The van der Waals surface area contributed by atoms with E-state index < -0.39 is 11.4 Å². The fourth-order valence-corrected chi connectivity index (χ4v) is 4.75. The van der Waals surface area contributed by atoms with Gasteiger partial charge in [0.05, 0.1) is 23.1 Å². The van der Waals surface area contributed by atoms with Crippen molar-refractivity contribution in [2.75, 3.05) is 23.7 Å². The molecule has 3 aromatic rings. The van der Waals surface area contributed by atoms with Crippen molar-refractivity contribution < 1.29 is 14.3 Å². The number of benzene rings is 1. The molecule has 1 aliphatic carbocycles. The van der Waals surface area contributed by atoms with E-state index in [-0.39, 0.29) is 23.6 Å². The zero-order valence-corrected chi connectivity index (χ0v) is 17.2. The molecule has 2 atom stereocenters. The third-order valence-electron chi connectivity index (χ3n) is 6.54. The number of carbonyl (C=O) groups is 1. The predicted octanol–water partition coefficient (Wildman–Crippen LogP) is 2.44. The molecular weight excluding hydrogens is 398 g/mol. The van der Waals surface area contributed by atoms with E-state index in [0.717, 1.165) is 49.1 Å². The third kappa shape index (κ3) is 3.16. The lowest BCUT2D eigenvalue weighted by molar-refractivity contribution is 0.0695. The smallest absolute Gasteiger partial charge is 0.341 e. The Bertz CT molecular complexity index is 1230. The first-order valence-electron chi connectivity index (χ1n) is 10.5. The van der Waals surface area contributed by atoms with Crippen LogP contribution in [0.1, 0.15) is 53.2 Å². The Morgan fingerprint density at radius 2 is 2.13 bits per heavy atom. The third-order valence-corrected chi connectivity index (χ3v) is 6.54. The number of aromatic carboxylic acids is 1. The number of hydrogen-bond acceptors (Lipinski definition) is 7. The van der Waals surface area contributed by atoms with E-state index in [2.05, 4.69) is 9.88 Å². The Balaban J connectivity index is 1.59. The summed E-state index contributed by atoms with van der Waals surface area (Å²) in [6.07, 6.45) is 7.40. The van der Waals surface area contributed by atoms with Gasteiger partial charge >= 0.3 is 5.97 Å². The van der Waals surface area contributed by atoms with E-state index in [4.69, 9.17) is 15.9 Å². The molecule has 5 rings (SSSR count). The van der Waals surface area contributed by atoms with Crippen LogP contribution < -0.4 is 21.8 Å². The van der Waals surface area contributed by atoms with Gasteiger partial charge in [-0.2, -0.15) is 0 Å². The molecule has 9 nitrogen and oxygen atoms in total. The van der Waals surface area contributed by atoms with Gasteiger partial charge in [0.15, 0.2) is 0 Å². The van der Waals surface area contributed by atoms with Gasteiger partial charge in [-0.1, -0.05) is 0 Å². The van der Waals surface area contributed by atoms with Gasteiger partial charge in [0.25, 0.3) is 0 Å². The quantitative estimate of drug-likeness (QED) is 0.532. The van der Waals surface area contributed by atoms with E-state index in [0.29, 0.717) is 17.0 Å². The molecule has 2 aliphatic rings. The van der Waals surface area contributed by atoms with Crippen LogP contribution in [0, 0.1) is 12.8 Å². The first kappa shape index (κ1) is 19.6. The summed E-state index contributed by atoms with van der Waals surface area (Å²) < 4.78 is 7.31. The molecule has 31 heavy (non-hydrogen) atoms. The first-order valence-corrected chi connectivity index (χ1v) is 10.5. The van der Waals surface area contributed by atoms with Gasteiger partial charge in [-0.05, 0) is 37.8 Å². The van der Waals surface area contributed by atoms with Gasteiger partial charge in [0.2, 0.25) is 11.3 Å². The number of nitrogen functional groups attached to an aromatic ring is 1. The lowest BCUT2D eigenvalue weighted by Crippen LogP contribution is -2.27. The van der Waals surface area contributed by atoms with E-state index in [1.807, 2.05) is 11.5 Å². The van der Waals surface area contributed by atoms with Crippen LogP contribution in [0.2, 0.25) is 0 Å². The lowest BCUT2D eigenvalue weighted by atomic mass is 9.99. The van der Waals surface area contributed by atoms with Crippen molar-refractivity contribution in [1.29, 1.82) is 0 Å². The average Bonchev–Trinajstić information content (AvgIpc) is 3.23. The summed E-state index contributed by atoms with van der Waals surface area (Å²) in [5.74, 6) is -0.523. The maximum Gasteiger partial charge on any atom is 0.341 e. The molecule has 2 unspecified atom stereocenters. The van der Waals surface area contributed by atoms with E-state index in [9.17, 15) is 14.7 Å². The summed E-state index contributed by atoms with van der Waals surface area (Å²) in [5, 5.41) is 9.80. The Labute approximate surface area is 178 Å². The highest BCUT2D eigenvalue weighted by Crippen LogP contribution is 2.41. The highest BCUT2D eigenvalue weighted by atomic mass is 16.4. The molecule has 162 valence electrons. The number of nitrogens with zero attached hydrogens (tertiary/aromatic N) is 3. The number of pyridine rings is 1. The van der Waals surface area contributed by atoms with E-state index >= 15 is 0 Å². The number of oxazole rings is 1. The second kappa shape index (κ2) is 7.12. The van der Waals surface area contributed by atoms with Crippen LogP contribution in [0.15, 0.2) is 33.9 Å². The summed E-state index contributed by atoms with van der Waals surface area (Å²) >= 11 is 0. The molecule has 1 saturated carbocycles. The van der Waals surface area contributed by atoms with Crippen molar-refractivity contribution in [3.63, 3.8) is 0 Å². The molecule has 0 spiro atoms. The monoisotopic (exact) mass is 423 g/mol. The fraction of sp³-hybridized carbons (Fsp3) is 0.409. The summed E-state index contributed by atoms with van der Waals surface area (Å²) in [4.78, 5) is 31.0. The summed E-state index contributed by atoms with van der Waals surface area (Å²) in [6.45, 7) is 3.49. The minimum absolute atomic E-state index is 0.176. The molecule has 0 radical (unpaired) electrons. The maximum absolute atomic E-state index is 12.9. The van der Waals surface area contributed by atoms with Crippen LogP contribution in [0.25, 0.3) is 10.9 Å². The van der Waals surface area contributed by atoms with Crippen molar-refractivity contribution in [3.8, 4) is 0 Å². The molecule has 3 heterocycles. The zero-order valence-electron chi connectivity index (χ0n) is 17.2. The van der Waals surface area contributed by atoms with Gasteiger partial charge < -0.3 is 30.5 Å². The molecule has 1 saturated heterocycles. The second-order valence-electron chi connectivity index (χ2n) is 8.54. The number of rotatable bonds is 5. The number of anilines is 2. The molecule has 0 amide bonds. The summed E-state index contributed by atoms with van der Waals surface area (Å²) in [6, 6.07) is 1.70. The first-order chi connectivity index (χ1) is 14.9. The van der Waals surface area contributed by atoms with Crippen molar-refractivity contribution >= 4 is 28.2 Å². The second-order valence-corrected chi connectivity index (χ2v) is 8.54. The van der Waals surface area contributed by atoms with Crippen LogP contribution >= 0.6 is 0 Å². The Morgan fingerprint density at radius 1 is 1.35 bits per heavy atom. The highest BCUT2D eigenvalue weighted by Gasteiger charge is 2.33. The van der Waals surface area contributed by atoms with Gasteiger partial charge in [-0.15, -0.1) is 0 Å². The largest absolute Gasteiger partial charge is 0.477 e.